The molecule has 10 heteroatoms. The summed E-state index contributed by atoms with van der Waals surface area (Å²) in [4.78, 5) is 19.7. The first-order chi connectivity index (χ1) is 16.4. The fourth-order valence-corrected chi connectivity index (χ4v) is 3.98. The van der Waals surface area contributed by atoms with Crippen molar-refractivity contribution in [2.24, 2.45) is 0 Å². The number of amides is 1. The van der Waals surface area contributed by atoms with Crippen molar-refractivity contribution >= 4 is 22.9 Å². The molecule has 174 valence electrons. The van der Waals surface area contributed by atoms with Crippen LogP contribution in [0.25, 0.3) is 16.8 Å². The number of alkyl halides is 3. The highest BCUT2D eigenvalue weighted by molar-refractivity contribution is 6.05. The fourth-order valence-electron chi connectivity index (χ4n) is 3.98. The van der Waals surface area contributed by atoms with Crippen LogP contribution in [0.1, 0.15) is 16.1 Å². The molecule has 5 rings (SSSR count). The third-order valence-corrected chi connectivity index (χ3v) is 5.73. The first-order valence-corrected chi connectivity index (χ1v) is 10.8. The Balaban J connectivity index is 1.43. The minimum atomic E-state index is -4.41. The van der Waals surface area contributed by atoms with Gasteiger partial charge < -0.3 is 15.5 Å². The number of carbonyl (C=O) groups is 1. The number of piperazine rings is 1. The molecular weight excluding hydrogens is 445 g/mol. The molecule has 1 fully saturated rings. The molecule has 7 nitrogen and oxygen atoms in total. The number of rotatable bonds is 4. The van der Waals surface area contributed by atoms with E-state index in [9.17, 15) is 18.0 Å². The minimum absolute atomic E-state index is 0.177. The van der Waals surface area contributed by atoms with Gasteiger partial charge in [-0.3, -0.25) is 4.79 Å². The predicted octanol–water partition coefficient (Wildman–Crippen LogP) is 4.08. The zero-order valence-corrected chi connectivity index (χ0v) is 18.0. The molecule has 2 aromatic carbocycles. The molecule has 1 aliphatic rings. The van der Waals surface area contributed by atoms with E-state index in [2.05, 4.69) is 25.6 Å². The van der Waals surface area contributed by atoms with E-state index in [1.807, 2.05) is 24.3 Å². The van der Waals surface area contributed by atoms with E-state index >= 15 is 0 Å². The van der Waals surface area contributed by atoms with Crippen molar-refractivity contribution in [3.63, 3.8) is 0 Å². The second-order valence-electron chi connectivity index (χ2n) is 7.92. The van der Waals surface area contributed by atoms with Crippen LogP contribution in [0.4, 0.5) is 24.5 Å². The van der Waals surface area contributed by atoms with Crippen LogP contribution in [-0.2, 0) is 6.18 Å². The summed E-state index contributed by atoms with van der Waals surface area (Å²) in [5.41, 5.74) is 2.51. The molecule has 0 aliphatic carbocycles. The number of nitrogens with zero attached hydrogens (tertiary/aromatic N) is 4. The molecule has 0 saturated carbocycles. The monoisotopic (exact) mass is 466 g/mol. The van der Waals surface area contributed by atoms with Crippen LogP contribution in [0.5, 0.6) is 0 Å². The molecule has 1 amide bonds. The van der Waals surface area contributed by atoms with Gasteiger partial charge in [0.15, 0.2) is 5.65 Å². The zero-order chi connectivity index (χ0) is 23.7. The number of hydrogen-bond donors (Lipinski definition) is 2. The Kier molecular flexibility index (Phi) is 5.66. The number of benzene rings is 2. The molecule has 1 aliphatic heterocycles. The van der Waals surface area contributed by atoms with Crippen LogP contribution >= 0.6 is 0 Å². The Bertz CT molecular complexity index is 1330. The first-order valence-electron chi connectivity index (χ1n) is 10.8. The second-order valence-corrected chi connectivity index (χ2v) is 7.92. The van der Waals surface area contributed by atoms with E-state index in [1.165, 1.54) is 22.8 Å². The van der Waals surface area contributed by atoms with E-state index in [1.54, 1.807) is 12.3 Å². The summed E-state index contributed by atoms with van der Waals surface area (Å²) in [5.74, 6) is -0.385. The molecule has 0 atom stereocenters. The number of fused-ring (bicyclic) bond motifs is 1. The number of anilines is 2. The van der Waals surface area contributed by atoms with Gasteiger partial charge in [-0.05, 0) is 35.9 Å². The van der Waals surface area contributed by atoms with Crippen molar-refractivity contribution in [2.45, 2.75) is 6.18 Å². The smallest absolute Gasteiger partial charge is 0.367 e. The van der Waals surface area contributed by atoms with Crippen LogP contribution in [0.15, 0.2) is 67.0 Å². The average Bonchev–Trinajstić information content (AvgIpc) is 3.28. The van der Waals surface area contributed by atoms with Crippen molar-refractivity contribution in [3.05, 3.63) is 78.2 Å². The average molecular weight is 466 g/mol. The van der Waals surface area contributed by atoms with Crippen molar-refractivity contribution in [1.29, 1.82) is 0 Å². The molecule has 0 unspecified atom stereocenters. The zero-order valence-electron chi connectivity index (χ0n) is 18.0. The van der Waals surface area contributed by atoms with Gasteiger partial charge in [-0.1, -0.05) is 24.3 Å². The Morgan fingerprint density at radius 2 is 1.74 bits per heavy atom. The van der Waals surface area contributed by atoms with E-state index in [0.717, 1.165) is 44.0 Å². The summed E-state index contributed by atoms with van der Waals surface area (Å²) < 4.78 is 40.2. The number of halogens is 3. The van der Waals surface area contributed by atoms with Gasteiger partial charge in [-0.2, -0.15) is 18.3 Å². The topological polar surface area (TPSA) is 74.6 Å². The summed E-state index contributed by atoms with van der Waals surface area (Å²) >= 11 is 0. The Labute approximate surface area is 193 Å². The molecule has 0 radical (unpaired) electrons. The van der Waals surface area contributed by atoms with Crippen molar-refractivity contribution < 1.29 is 18.0 Å². The number of nitrogens with one attached hydrogen (secondary N) is 2. The lowest BCUT2D eigenvalue weighted by molar-refractivity contribution is -0.137. The maximum Gasteiger partial charge on any atom is 0.416 e. The van der Waals surface area contributed by atoms with Crippen molar-refractivity contribution in [2.75, 3.05) is 36.4 Å². The summed E-state index contributed by atoms with van der Waals surface area (Å²) in [7, 11) is 0. The summed E-state index contributed by atoms with van der Waals surface area (Å²) in [6.45, 7) is 3.41. The lowest BCUT2D eigenvalue weighted by Gasteiger charge is -2.31. The van der Waals surface area contributed by atoms with Crippen LogP contribution in [0.3, 0.4) is 0 Å². The van der Waals surface area contributed by atoms with E-state index in [-0.39, 0.29) is 11.6 Å². The quantitative estimate of drug-likeness (QED) is 0.474. The van der Waals surface area contributed by atoms with Gasteiger partial charge in [0, 0.05) is 37.9 Å². The van der Waals surface area contributed by atoms with E-state index in [4.69, 9.17) is 0 Å². The van der Waals surface area contributed by atoms with Crippen LogP contribution in [0.2, 0.25) is 0 Å². The molecule has 0 bridgehead atoms. The van der Waals surface area contributed by atoms with Gasteiger partial charge in [-0.25, -0.2) is 9.50 Å². The highest BCUT2D eigenvalue weighted by atomic mass is 19.4. The lowest BCUT2D eigenvalue weighted by Crippen LogP contribution is -2.43. The van der Waals surface area contributed by atoms with Gasteiger partial charge in [0.2, 0.25) is 0 Å². The lowest BCUT2D eigenvalue weighted by atomic mass is 10.1. The van der Waals surface area contributed by atoms with Crippen LogP contribution < -0.4 is 15.5 Å². The molecule has 2 aromatic heterocycles. The summed E-state index contributed by atoms with van der Waals surface area (Å²) in [6.07, 6.45) is -1.29. The number of para-hydroxylation sites is 2. The van der Waals surface area contributed by atoms with Gasteiger partial charge >= 0.3 is 6.18 Å². The SMILES string of the molecule is O=C(Nc1ccccc1N1CCNCC1)c1ccn2ncc(-c3ccc(C(F)(F)F)cc3)c2n1. The van der Waals surface area contributed by atoms with E-state index in [0.29, 0.717) is 22.5 Å². The third-order valence-electron chi connectivity index (χ3n) is 5.73. The second kappa shape index (κ2) is 8.79. The minimum Gasteiger partial charge on any atom is -0.367 e. The summed E-state index contributed by atoms with van der Waals surface area (Å²) in [5, 5.41) is 10.5. The van der Waals surface area contributed by atoms with Gasteiger partial charge in [0.05, 0.1) is 23.1 Å². The number of hydrogen-bond acceptors (Lipinski definition) is 5. The van der Waals surface area contributed by atoms with E-state index < -0.39 is 11.7 Å². The number of aromatic nitrogens is 3. The summed E-state index contributed by atoms with van der Waals surface area (Å²) in [6, 6.07) is 13.9. The van der Waals surface area contributed by atoms with Gasteiger partial charge in [0.1, 0.15) is 5.69 Å². The molecule has 3 heterocycles. The fraction of sp³-hybridized carbons (Fsp3) is 0.208. The molecule has 0 spiro atoms. The molecular formula is C24H21F3N6O. The first kappa shape index (κ1) is 21.9. The molecule has 4 aromatic rings. The van der Waals surface area contributed by atoms with Crippen molar-refractivity contribution in [3.8, 4) is 11.1 Å². The Hall–Kier alpha value is -3.92. The Morgan fingerprint density at radius 1 is 1.00 bits per heavy atom. The molecule has 1 saturated heterocycles. The molecule has 34 heavy (non-hydrogen) atoms. The largest absolute Gasteiger partial charge is 0.416 e. The predicted molar refractivity (Wildman–Crippen MR) is 123 cm³/mol. The normalized spacial score (nSPS) is 14.4. The Morgan fingerprint density at radius 3 is 2.47 bits per heavy atom. The maximum atomic E-state index is 13.1. The molecule has 2 N–H and O–H groups in total. The maximum absolute atomic E-state index is 13.1. The standard InChI is InChI=1S/C24H21F3N6O/c25-24(26,27)17-7-5-16(6-8-17)18-15-29-33-12-9-20(30-22(18)33)23(34)31-19-3-1-2-4-21(19)32-13-10-28-11-14-32/h1-9,12,15,28H,10-11,13-14H2,(H,31,34). The third kappa shape index (κ3) is 4.32. The van der Waals surface area contributed by atoms with Gasteiger partial charge in [-0.15, -0.1) is 0 Å². The highest BCUT2D eigenvalue weighted by Gasteiger charge is 2.30. The van der Waals surface area contributed by atoms with Crippen LogP contribution in [0, 0.1) is 0 Å². The van der Waals surface area contributed by atoms with Crippen LogP contribution in [-0.4, -0.2) is 46.7 Å². The van der Waals surface area contributed by atoms with Gasteiger partial charge in [0.25, 0.3) is 5.91 Å². The highest BCUT2D eigenvalue weighted by Crippen LogP contribution is 2.32. The van der Waals surface area contributed by atoms with Crippen molar-refractivity contribution in [1.82, 2.24) is 19.9 Å². The number of carbonyl (C=O) groups excluding carboxylic acids is 1.